The number of unbranched alkanes of at least 4 members (excludes halogenated alkanes) is 3. The van der Waals surface area contributed by atoms with E-state index >= 15 is 0 Å². The van der Waals surface area contributed by atoms with Crippen LogP contribution in [-0.4, -0.2) is 25.2 Å². The van der Waals surface area contributed by atoms with Crippen LogP contribution in [0.15, 0.2) is 9.39 Å². The SMILES string of the molecule is CCCCCCC(C)C(C=NSC)=NC. The average Bonchev–Trinajstić information content (AvgIpc) is 2.25. The van der Waals surface area contributed by atoms with Crippen LogP contribution in [0.5, 0.6) is 0 Å². The van der Waals surface area contributed by atoms with E-state index in [4.69, 9.17) is 0 Å². The first-order valence-corrected chi connectivity index (χ1v) is 6.97. The summed E-state index contributed by atoms with van der Waals surface area (Å²) in [5.74, 6) is 0.544. The highest BCUT2D eigenvalue weighted by Crippen LogP contribution is 2.12. The average molecular weight is 228 g/mol. The molecule has 2 nitrogen and oxygen atoms in total. The molecule has 0 aliphatic carbocycles. The molecule has 0 saturated carbocycles. The molecule has 0 spiro atoms. The Labute approximate surface area is 98.8 Å². The van der Waals surface area contributed by atoms with Gasteiger partial charge < -0.3 is 0 Å². The van der Waals surface area contributed by atoms with E-state index in [0.29, 0.717) is 5.92 Å². The van der Waals surface area contributed by atoms with Crippen LogP contribution in [0.3, 0.4) is 0 Å². The van der Waals surface area contributed by atoms with Gasteiger partial charge in [-0.3, -0.25) is 4.99 Å². The molecule has 0 fully saturated rings. The topological polar surface area (TPSA) is 24.7 Å². The molecule has 0 aromatic rings. The number of aliphatic imine (C=N–C) groups is 1. The van der Waals surface area contributed by atoms with Gasteiger partial charge in [0, 0.05) is 13.3 Å². The molecule has 15 heavy (non-hydrogen) atoms. The number of hydrogen-bond donors (Lipinski definition) is 0. The van der Waals surface area contributed by atoms with E-state index in [2.05, 4.69) is 23.2 Å². The van der Waals surface area contributed by atoms with Gasteiger partial charge in [0.1, 0.15) is 0 Å². The third-order valence-electron chi connectivity index (χ3n) is 2.54. The van der Waals surface area contributed by atoms with Crippen LogP contribution in [0.2, 0.25) is 0 Å². The third kappa shape index (κ3) is 7.60. The van der Waals surface area contributed by atoms with Crippen LogP contribution in [0.25, 0.3) is 0 Å². The van der Waals surface area contributed by atoms with Crippen molar-refractivity contribution in [1.82, 2.24) is 0 Å². The molecule has 0 bridgehead atoms. The third-order valence-corrected chi connectivity index (χ3v) is 2.86. The van der Waals surface area contributed by atoms with Crippen molar-refractivity contribution in [3.8, 4) is 0 Å². The Bertz CT molecular complexity index is 200. The highest BCUT2D eigenvalue weighted by molar-refractivity contribution is 7.97. The minimum Gasteiger partial charge on any atom is -0.291 e. The first-order valence-electron chi connectivity index (χ1n) is 5.79. The molecule has 1 unspecified atom stereocenters. The molecule has 0 rings (SSSR count). The molecule has 0 aromatic carbocycles. The maximum Gasteiger partial charge on any atom is 0.0564 e. The van der Waals surface area contributed by atoms with Gasteiger partial charge in [-0.05, 0) is 24.3 Å². The smallest absolute Gasteiger partial charge is 0.0564 e. The van der Waals surface area contributed by atoms with Crippen molar-refractivity contribution in [3.63, 3.8) is 0 Å². The summed E-state index contributed by atoms with van der Waals surface area (Å²) in [7, 11) is 1.85. The van der Waals surface area contributed by atoms with Gasteiger partial charge in [0.25, 0.3) is 0 Å². The van der Waals surface area contributed by atoms with Crippen molar-refractivity contribution in [2.45, 2.75) is 46.0 Å². The Kier molecular flexibility index (Phi) is 10.0. The van der Waals surface area contributed by atoms with E-state index < -0.39 is 0 Å². The molecule has 0 N–H and O–H groups in total. The fourth-order valence-electron chi connectivity index (χ4n) is 1.54. The lowest BCUT2D eigenvalue weighted by Gasteiger charge is -2.10. The molecule has 3 heteroatoms. The lowest BCUT2D eigenvalue weighted by molar-refractivity contribution is 0.581. The van der Waals surface area contributed by atoms with E-state index in [0.717, 1.165) is 5.71 Å². The molecular formula is C12H24N2S. The second kappa shape index (κ2) is 10.2. The highest BCUT2D eigenvalue weighted by Gasteiger charge is 2.07. The first kappa shape index (κ1) is 14.7. The van der Waals surface area contributed by atoms with Gasteiger partial charge in [-0.1, -0.05) is 39.5 Å². The van der Waals surface area contributed by atoms with Crippen molar-refractivity contribution >= 4 is 23.9 Å². The Hall–Kier alpha value is -0.310. The van der Waals surface area contributed by atoms with E-state index in [9.17, 15) is 0 Å². The summed E-state index contributed by atoms with van der Waals surface area (Å²) >= 11 is 1.48. The maximum atomic E-state index is 4.28. The molecule has 0 saturated heterocycles. The molecule has 88 valence electrons. The molecular weight excluding hydrogens is 204 g/mol. The van der Waals surface area contributed by atoms with Gasteiger partial charge in [0.05, 0.1) is 11.9 Å². The lowest BCUT2D eigenvalue weighted by atomic mass is 9.98. The summed E-state index contributed by atoms with van der Waals surface area (Å²) in [6, 6.07) is 0. The minimum absolute atomic E-state index is 0.544. The van der Waals surface area contributed by atoms with Crippen molar-refractivity contribution in [2.24, 2.45) is 15.3 Å². The van der Waals surface area contributed by atoms with Gasteiger partial charge in [0.15, 0.2) is 0 Å². The quantitative estimate of drug-likeness (QED) is 0.350. The predicted molar refractivity (Wildman–Crippen MR) is 73.3 cm³/mol. The normalized spacial score (nSPS) is 14.8. The Morgan fingerprint density at radius 2 is 2.07 bits per heavy atom. The molecule has 1 atom stereocenters. The number of hydrogen-bond acceptors (Lipinski definition) is 3. The van der Waals surface area contributed by atoms with Crippen LogP contribution in [0.4, 0.5) is 0 Å². The standard InChI is InChI=1S/C12H24N2S/c1-5-6-7-8-9-11(2)12(13-3)10-14-15-4/h10-11H,5-9H2,1-4H3. The molecule has 0 heterocycles. The van der Waals surface area contributed by atoms with Crippen LogP contribution in [-0.2, 0) is 0 Å². The van der Waals surface area contributed by atoms with E-state index in [-0.39, 0.29) is 0 Å². The van der Waals surface area contributed by atoms with Crippen LogP contribution >= 0.6 is 11.9 Å². The van der Waals surface area contributed by atoms with E-state index in [1.807, 2.05) is 19.5 Å². The number of nitrogens with zero attached hydrogens (tertiary/aromatic N) is 2. The van der Waals surface area contributed by atoms with E-state index in [1.165, 1.54) is 44.1 Å². The van der Waals surface area contributed by atoms with Gasteiger partial charge in [-0.25, -0.2) is 4.40 Å². The summed E-state index contributed by atoms with van der Waals surface area (Å²) in [5, 5.41) is 0. The Balaban J connectivity index is 3.84. The second-order valence-corrected chi connectivity index (χ2v) is 4.39. The van der Waals surface area contributed by atoms with Crippen LogP contribution in [0.1, 0.15) is 46.0 Å². The van der Waals surface area contributed by atoms with Crippen LogP contribution in [0, 0.1) is 5.92 Å². The van der Waals surface area contributed by atoms with Gasteiger partial charge in [-0.15, -0.1) is 0 Å². The molecule has 0 aliphatic heterocycles. The highest BCUT2D eigenvalue weighted by atomic mass is 32.2. The summed E-state index contributed by atoms with van der Waals surface area (Å²) in [6.45, 7) is 4.48. The minimum atomic E-state index is 0.544. The summed E-state index contributed by atoms with van der Waals surface area (Å²) in [4.78, 5) is 4.28. The fourth-order valence-corrected chi connectivity index (χ4v) is 1.75. The van der Waals surface area contributed by atoms with Gasteiger partial charge in [0.2, 0.25) is 0 Å². The molecule has 0 radical (unpaired) electrons. The maximum absolute atomic E-state index is 4.28. The molecule has 0 amide bonds. The summed E-state index contributed by atoms with van der Waals surface area (Å²) < 4.78 is 4.17. The Morgan fingerprint density at radius 1 is 1.33 bits per heavy atom. The second-order valence-electron chi connectivity index (χ2n) is 3.82. The Morgan fingerprint density at radius 3 is 2.60 bits per heavy atom. The van der Waals surface area contributed by atoms with Gasteiger partial charge in [-0.2, -0.15) is 0 Å². The van der Waals surface area contributed by atoms with Crippen molar-refractivity contribution in [1.29, 1.82) is 0 Å². The van der Waals surface area contributed by atoms with Crippen molar-refractivity contribution in [2.75, 3.05) is 13.3 Å². The number of rotatable bonds is 8. The summed E-state index contributed by atoms with van der Waals surface area (Å²) in [6.07, 6.45) is 10.4. The fraction of sp³-hybridized carbons (Fsp3) is 0.833. The first-order chi connectivity index (χ1) is 7.26. The lowest BCUT2D eigenvalue weighted by Crippen LogP contribution is -2.12. The zero-order valence-corrected chi connectivity index (χ0v) is 11.3. The monoisotopic (exact) mass is 228 g/mol. The van der Waals surface area contributed by atoms with E-state index in [1.54, 1.807) is 0 Å². The predicted octanol–water partition coefficient (Wildman–Crippen LogP) is 4.01. The van der Waals surface area contributed by atoms with Crippen LogP contribution < -0.4 is 0 Å². The zero-order valence-electron chi connectivity index (χ0n) is 10.5. The van der Waals surface area contributed by atoms with Crippen molar-refractivity contribution < 1.29 is 0 Å². The van der Waals surface area contributed by atoms with Gasteiger partial charge >= 0.3 is 0 Å². The largest absolute Gasteiger partial charge is 0.291 e. The van der Waals surface area contributed by atoms with Crippen molar-refractivity contribution in [3.05, 3.63) is 0 Å². The zero-order chi connectivity index (χ0) is 11.5. The molecule has 0 aromatic heterocycles. The summed E-state index contributed by atoms with van der Waals surface area (Å²) in [5.41, 5.74) is 1.13. The molecule has 0 aliphatic rings.